The van der Waals surface area contributed by atoms with Crippen molar-refractivity contribution in [3.05, 3.63) is 56.7 Å². The molecule has 0 unspecified atom stereocenters. The summed E-state index contributed by atoms with van der Waals surface area (Å²) in [6.45, 7) is 0.452. The molecule has 0 bridgehead atoms. The average molecular weight is 414 g/mol. The fourth-order valence-electron chi connectivity index (χ4n) is 1.95. The lowest BCUT2D eigenvalue weighted by molar-refractivity contribution is 0.0783. The Morgan fingerprint density at radius 2 is 2.00 bits per heavy atom. The number of hydrogen-bond acceptors (Lipinski definition) is 3. The Balaban J connectivity index is 2.19. The Hall–Kier alpha value is -1.40. The van der Waals surface area contributed by atoms with Crippen molar-refractivity contribution in [3.63, 3.8) is 0 Å². The Morgan fingerprint density at radius 3 is 2.67 bits per heavy atom. The van der Waals surface area contributed by atoms with Crippen molar-refractivity contribution in [3.8, 4) is 5.75 Å². The predicted octanol–water partition coefficient (Wildman–Crippen LogP) is 3.89. The van der Waals surface area contributed by atoms with Crippen molar-refractivity contribution in [2.45, 2.75) is 6.54 Å². The van der Waals surface area contributed by atoms with Crippen LogP contribution in [0.5, 0.6) is 5.75 Å². The van der Waals surface area contributed by atoms with Gasteiger partial charge in [-0.1, -0.05) is 15.9 Å². The number of hydrogen-bond donors (Lipinski definition) is 0. The molecule has 0 saturated carbocycles. The number of amides is 1. The van der Waals surface area contributed by atoms with Gasteiger partial charge in [0.1, 0.15) is 5.75 Å². The summed E-state index contributed by atoms with van der Waals surface area (Å²) in [7, 11) is 3.37. The van der Waals surface area contributed by atoms with Gasteiger partial charge in [-0.05, 0) is 40.2 Å². The summed E-state index contributed by atoms with van der Waals surface area (Å²) in [5, 5.41) is 0. The summed E-state index contributed by atoms with van der Waals surface area (Å²) in [5.41, 5.74) is 1.48. The number of aromatic nitrogens is 1. The van der Waals surface area contributed by atoms with E-state index in [-0.39, 0.29) is 5.91 Å². The third-order valence-corrected chi connectivity index (χ3v) is 3.88. The Morgan fingerprint density at radius 1 is 1.24 bits per heavy atom. The van der Waals surface area contributed by atoms with Gasteiger partial charge in [0, 0.05) is 40.5 Å². The van der Waals surface area contributed by atoms with Gasteiger partial charge in [-0.3, -0.25) is 9.78 Å². The molecule has 1 aromatic heterocycles. The van der Waals surface area contributed by atoms with E-state index < -0.39 is 0 Å². The number of carbonyl (C=O) groups excluding carboxylic acids is 1. The van der Waals surface area contributed by atoms with Crippen LogP contribution < -0.4 is 4.74 Å². The number of benzene rings is 1. The molecule has 0 N–H and O–H groups in total. The van der Waals surface area contributed by atoms with Gasteiger partial charge in [0.05, 0.1) is 12.7 Å². The summed E-state index contributed by atoms with van der Waals surface area (Å²) in [6, 6.07) is 7.48. The zero-order chi connectivity index (χ0) is 15.4. The van der Waals surface area contributed by atoms with Crippen LogP contribution in [0.15, 0.2) is 45.6 Å². The lowest BCUT2D eigenvalue weighted by Gasteiger charge is -2.19. The Labute approximate surface area is 140 Å². The first-order chi connectivity index (χ1) is 10.0. The van der Waals surface area contributed by atoms with Gasteiger partial charge in [0.25, 0.3) is 5.91 Å². The predicted molar refractivity (Wildman–Crippen MR) is 88.4 cm³/mol. The lowest BCUT2D eigenvalue weighted by Crippen LogP contribution is -2.26. The van der Waals surface area contributed by atoms with Gasteiger partial charge in [0.15, 0.2) is 0 Å². The van der Waals surface area contributed by atoms with E-state index >= 15 is 0 Å². The minimum Gasteiger partial charge on any atom is -0.496 e. The molecular weight excluding hydrogens is 400 g/mol. The molecule has 0 aliphatic carbocycles. The van der Waals surface area contributed by atoms with Gasteiger partial charge in [0.2, 0.25) is 0 Å². The highest BCUT2D eigenvalue weighted by molar-refractivity contribution is 9.10. The number of rotatable bonds is 4. The molecule has 2 rings (SSSR count). The first kappa shape index (κ1) is 16.0. The van der Waals surface area contributed by atoms with Crippen LogP contribution in [0.25, 0.3) is 0 Å². The van der Waals surface area contributed by atoms with Crippen molar-refractivity contribution < 1.29 is 9.53 Å². The minimum absolute atomic E-state index is 0.0918. The van der Waals surface area contributed by atoms with Crippen LogP contribution in [-0.2, 0) is 6.54 Å². The number of halogens is 2. The van der Waals surface area contributed by atoms with Gasteiger partial charge < -0.3 is 9.64 Å². The van der Waals surface area contributed by atoms with Crippen LogP contribution in [-0.4, -0.2) is 29.9 Å². The van der Waals surface area contributed by atoms with E-state index in [9.17, 15) is 4.79 Å². The van der Waals surface area contributed by atoms with Crippen molar-refractivity contribution in [2.75, 3.05) is 14.2 Å². The number of nitrogens with zero attached hydrogens (tertiary/aromatic N) is 2. The molecule has 0 atom stereocenters. The molecule has 0 spiro atoms. The lowest BCUT2D eigenvalue weighted by atomic mass is 10.1. The fourth-order valence-corrected chi connectivity index (χ4v) is 2.72. The van der Waals surface area contributed by atoms with E-state index in [2.05, 4.69) is 36.8 Å². The zero-order valence-corrected chi connectivity index (χ0v) is 14.8. The van der Waals surface area contributed by atoms with Crippen LogP contribution in [0.3, 0.4) is 0 Å². The van der Waals surface area contributed by atoms with E-state index in [0.717, 1.165) is 20.3 Å². The topological polar surface area (TPSA) is 42.4 Å². The van der Waals surface area contributed by atoms with Crippen LogP contribution >= 0.6 is 31.9 Å². The molecule has 1 heterocycles. The van der Waals surface area contributed by atoms with Crippen molar-refractivity contribution in [1.82, 2.24) is 9.88 Å². The Kier molecular flexibility index (Phi) is 5.36. The zero-order valence-electron chi connectivity index (χ0n) is 11.6. The molecule has 6 heteroatoms. The first-order valence-electron chi connectivity index (χ1n) is 6.19. The maximum absolute atomic E-state index is 12.4. The molecule has 0 radical (unpaired) electrons. The summed E-state index contributed by atoms with van der Waals surface area (Å²) < 4.78 is 7.05. The monoisotopic (exact) mass is 412 g/mol. The third-order valence-electron chi connectivity index (χ3n) is 2.95. The summed E-state index contributed by atoms with van der Waals surface area (Å²) in [5.74, 6) is 0.663. The largest absolute Gasteiger partial charge is 0.496 e. The summed E-state index contributed by atoms with van der Waals surface area (Å²) >= 11 is 6.75. The second-order valence-electron chi connectivity index (χ2n) is 4.51. The van der Waals surface area contributed by atoms with Crippen molar-refractivity contribution >= 4 is 37.8 Å². The van der Waals surface area contributed by atoms with E-state index in [1.54, 1.807) is 37.5 Å². The van der Waals surface area contributed by atoms with Gasteiger partial charge in [-0.2, -0.15) is 0 Å². The molecule has 0 aliphatic heterocycles. The minimum atomic E-state index is -0.0918. The molecular formula is C15H14Br2N2O2. The van der Waals surface area contributed by atoms with Gasteiger partial charge in [-0.15, -0.1) is 0 Å². The normalized spacial score (nSPS) is 10.3. The molecule has 110 valence electrons. The summed E-state index contributed by atoms with van der Waals surface area (Å²) in [4.78, 5) is 18.0. The van der Waals surface area contributed by atoms with Crippen LogP contribution in [0, 0.1) is 0 Å². The van der Waals surface area contributed by atoms with Crippen molar-refractivity contribution in [2.24, 2.45) is 0 Å². The van der Waals surface area contributed by atoms with E-state index in [1.165, 1.54) is 0 Å². The molecule has 4 nitrogen and oxygen atoms in total. The van der Waals surface area contributed by atoms with Crippen LogP contribution in [0.2, 0.25) is 0 Å². The van der Waals surface area contributed by atoms with Crippen LogP contribution in [0.4, 0.5) is 0 Å². The standard InChI is InChI=1S/C15H14Br2N2O2/c1-19(15(20)10-5-13(17)8-18-7-10)9-11-6-12(16)3-4-14(11)21-2/h3-8H,9H2,1-2H3. The second kappa shape index (κ2) is 7.04. The van der Waals surface area contributed by atoms with E-state index in [1.807, 2.05) is 18.2 Å². The first-order valence-corrected chi connectivity index (χ1v) is 7.78. The average Bonchev–Trinajstić information content (AvgIpc) is 2.46. The fraction of sp³-hybridized carbons (Fsp3) is 0.200. The molecule has 21 heavy (non-hydrogen) atoms. The molecule has 0 aliphatic rings. The molecule has 1 aromatic carbocycles. The SMILES string of the molecule is COc1ccc(Br)cc1CN(C)C(=O)c1cncc(Br)c1. The van der Waals surface area contributed by atoms with E-state index in [0.29, 0.717) is 12.1 Å². The van der Waals surface area contributed by atoms with E-state index in [4.69, 9.17) is 4.74 Å². The number of pyridine rings is 1. The summed E-state index contributed by atoms with van der Waals surface area (Å²) in [6.07, 6.45) is 3.20. The highest BCUT2D eigenvalue weighted by atomic mass is 79.9. The smallest absolute Gasteiger partial charge is 0.255 e. The molecule has 0 saturated heterocycles. The maximum Gasteiger partial charge on any atom is 0.255 e. The van der Waals surface area contributed by atoms with Gasteiger partial charge >= 0.3 is 0 Å². The highest BCUT2D eigenvalue weighted by Crippen LogP contribution is 2.24. The molecule has 1 amide bonds. The van der Waals surface area contributed by atoms with Crippen LogP contribution in [0.1, 0.15) is 15.9 Å². The number of carbonyl (C=O) groups is 1. The molecule has 0 fully saturated rings. The quantitative estimate of drug-likeness (QED) is 0.763. The third kappa shape index (κ3) is 4.04. The second-order valence-corrected chi connectivity index (χ2v) is 6.34. The Bertz CT molecular complexity index is 662. The van der Waals surface area contributed by atoms with Crippen molar-refractivity contribution in [1.29, 1.82) is 0 Å². The number of methoxy groups -OCH3 is 1. The van der Waals surface area contributed by atoms with Gasteiger partial charge in [-0.25, -0.2) is 0 Å². The number of ether oxygens (including phenoxy) is 1. The highest BCUT2D eigenvalue weighted by Gasteiger charge is 2.15. The maximum atomic E-state index is 12.4. The molecule has 2 aromatic rings.